The molecule has 1 saturated heterocycles. The van der Waals surface area contributed by atoms with Gasteiger partial charge in [0.15, 0.2) is 9.84 Å². The highest BCUT2D eigenvalue weighted by atomic mass is 32.2. The molecule has 0 spiro atoms. The summed E-state index contributed by atoms with van der Waals surface area (Å²) in [5.74, 6) is -1.49. The first-order chi connectivity index (χ1) is 8.26. The van der Waals surface area contributed by atoms with E-state index in [4.69, 9.17) is 0 Å². The van der Waals surface area contributed by atoms with Crippen molar-refractivity contribution < 1.29 is 22.7 Å². The zero-order valence-corrected chi connectivity index (χ0v) is 11.7. The van der Waals surface area contributed by atoms with Gasteiger partial charge in [0.1, 0.15) is 0 Å². The number of methoxy groups -OCH3 is 1. The summed E-state index contributed by atoms with van der Waals surface area (Å²) in [6.45, 7) is 1.91. The number of rotatable bonds is 4. The molecule has 1 amide bonds. The second-order valence-electron chi connectivity index (χ2n) is 4.74. The monoisotopic (exact) mass is 277 g/mol. The molecule has 6 nitrogen and oxygen atoms in total. The van der Waals surface area contributed by atoms with Crippen molar-refractivity contribution in [3.8, 4) is 0 Å². The standard InChI is InChI=1S/C11H19NO5S/c1-8(11(14)17-3)6-12(2)10(13)9-4-5-18(15,16)7-9/h8-9H,4-7H2,1-3H3. The fraction of sp³-hybridized carbons (Fsp3) is 0.818. The van der Waals surface area contributed by atoms with E-state index in [1.807, 2.05) is 0 Å². The number of sulfone groups is 1. The van der Waals surface area contributed by atoms with Gasteiger partial charge in [-0.3, -0.25) is 9.59 Å². The third-order valence-corrected chi connectivity index (χ3v) is 4.88. The van der Waals surface area contributed by atoms with Crippen LogP contribution < -0.4 is 0 Å². The molecule has 0 aromatic rings. The summed E-state index contributed by atoms with van der Waals surface area (Å²) in [4.78, 5) is 24.6. The first-order valence-electron chi connectivity index (χ1n) is 5.80. The van der Waals surface area contributed by atoms with E-state index in [9.17, 15) is 18.0 Å². The van der Waals surface area contributed by atoms with E-state index in [0.717, 1.165) is 0 Å². The third kappa shape index (κ3) is 3.69. The van der Waals surface area contributed by atoms with Crippen LogP contribution in [-0.4, -0.2) is 57.4 Å². The molecule has 7 heteroatoms. The molecule has 18 heavy (non-hydrogen) atoms. The molecular formula is C11H19NO5S. The predicted molar refractivity (Wildman–Crippen MR) is 65.6 cm³/mol. The van der Waals surface area contributed by atoms with Crippen molar-refractivity contribution in [1.82, 2.24) is 4.90 Å². The van der Waals surface area contributed by atoms with E-state index in [-0.39, 0.29) is 29.9 Å². The number of ether oxygens (including phenoxy) is 1. The Hall–Kier alpha value is -1.11. The second kappa shape index (κ2) is 5.69. The highest BCUT2D eigenvalue weighted by Gasteiger charge is 2.35. The summed E-state index contributed by atoms with van der Waals surface area (Å²) >= 11 is 0. The van der Waals surface area contributed by atoms with Crippen molar-refractivity contribution >= 4 is 21.7 Å². The molecule has 1 heterocycles. The minimum absolute atomic E-state index is 0.0732. The molecule has 1 rings (SSSR count). The molecule has 0 saturated carbocycles. The van der Waals surface area contributed by atoms with Crippen LogP contribution in [0.5, 0.6) is 0 Å². The van der Waals surface area contributed by atoms with Crippen LogP contribution in [0, 0.1) is 11.8 Å². The third-order valence-electron chi connectivity index (χ3n) is 3.11. The van der Waals surface area contributed by atoms with E-state index < -0.39 is 21.7 Å². The molecule has 0 aliphatic carbocycles. The van der Waals surface area contributed by atoms with Gasteiger partial charge in [0.2, 0.25) is 5.91 Å². The summed E-state index contributed by atoms with van der Waals surface area (Å²) in [5, 5.41) is 0. The van der Waals surface area contributed by atoms with Gasteiger partial charge in [0, 0.05) is 13.6 Å². The summed E-state index contributed by atoms with van der Waals surface area (Å²) < 4.78 is 27.2. The maximum Gasteiger partial charge on any atom is 0.310 e. The van der Waals surface area contributed by atoms with Crippen LogP contribution in [0.2, 0.25) is 0 Å². The molecule has 0 bridgehead atoms. The van der Waals surface area contributed by atoms with Gasteiger partial charge in [-0.15, -0.1) is 0 Å². The van der Waals surface area contributed by atoms with Crippen molar-refractivity contribution in [1.29, 1.82) is 0 Å². The van der Waals surface area contributed by atoms with Gasteiger partial charge >= 0.3 is 5.97 Å². The van der Waals surface area contributed by atoms with E-state index >= 15 is 0 Å². The number of hydrogen-bond acceptors (Lipinski definition) is 5. The maximum absolute atomic E-state index is 12.0. The Labute approximate surface area is 107 Å². The average molecular weight is 277 g/mol. The summed E-state index contributed by atoms with van der Waals surface area (Å²) in [5.41, 5.74) is 0. The van der Waals surface area contributed by atoms with Gasteiger partial charge in [-0.25, -0.2) is 8.42 Å². The van der Waals surface area contributed by atoms with E-state index in [1.54, 1.807) is 14.0 Å². The van der Waals surface area contributed by atoms with Crippen molar-refractivity contribution in [2.45, 2.75) is 13.3 Å². The zero-order valence-electron chi connectivity index (χ0n) is 10.9. The van der Waals surface area contributed by atoms with Crippen molar-refractivity contribution in [3.05, 3.63) is 0 Å². The Morgan fingerprint density at radius 1 is 1.44 bits per heavy atom. The van der Waals surface area contributed by atoms with Crippen LogP contribution in [0.15, 0.2) is 0 Å². The number of hydrogen-bond donors (Lipinski definition) is 0. The van der Waals surface area contributed by atoms with E-state index in [0.29, 0.717) is 6.42 Å². The van der Waals surface area contributed by atoms with Gasteiger partial charge in [0.25, 0.3) is 0 Å². The number of amides is 1. The fourth-order valence-electron chi connectivity index (χ4n) is 2.08. The molecule has 0 aromatic carbocycles. The zero-order chi connectivity index (χ0) is 13.9. The quantitative estimate of drug-likeness (QED) is 0.658. The summed E-state index contributed by atoms with van der Waals surface area (Å²) in [7, 11) is -0.191. The Bertz CT molecular complexity index is 431. The molecule has 104 valence electrons. The molecule has 0 radical (unpaired) electrons. The molecule has 1 aliphatic heterocycles. The van der Waals surface area contributed by atoms with Crippen LogP contribution in [0.4, 0.5) is 0 Å². The molecule has 2 atom stereocenters. The topological polar surface area (TPSA) is 80.8 Å². The highest BCUT2D eigenvalue weighted by Crippen LogP contribution is 2.20. The second-order valence-corrected chi connectivity index (χ2v) is 6.97. The van der Waals surface area contributed by atoms with Crippen LogP contribution in [0.1, 0.15) is 13.3 Å². The van der Waals surface area contributed by atoms with Gasteiger partial charge < -0.3 is 9.64 Å². The largest absolute Gasteiger partial charge is 0.469 e. The molecule has 2 unspecified atom stereocenters. The number of carbonyl (C=O) groups is 2. The van der Waals surface area contributed by atoms with Crippen LogP contribution in [-0.2, 0) is 24.2 Å². The minimum Gasteiger partial charge on any atom is -0.469 e. The first-order valence-corrected chi connectivity index (χ1v) is 7.62. The summed E-state index contributed by atoms with van der Waals surface area (Å²) in [6, 6.07) is 0. The summed E-state index contributed by atoms with van der Waals surface area (Å²) in [6.07, 6.45) is 0.373. The lowest BCUT2D eigenvalue weighted by atomic mass is 10.1. The number of nitrogens with zero attached hydrogens (tertiary/aromatic N) is 1. The smallest absolute Gasteiger partial charge is 0.310 e. The lowest BCUT2D eigenvalue weighted by Gasteiger charge is -2.22. The Morgan fingerprint density at radius 2 is 2.06 bits per heavy atom. The highest BCUT2D eigenvalue weighted by molar-refractivity contribution is 7.91. The van der Waals surface area contributed by atoms with Crippen molar-refractivity contribution in [3.63, 3.8) is 0 Å². The van der Waals surface area contributed by atoms with Crippen LogP contribution >= 0.6 is 0 Å². The van der Waals surface area contributed by atoms with Gasteiger partial charge in [-0.2, -0.15) is 0 Å². The molecule has 0 aromatic heterocycles. The van der Waals surface area contributed by atoms with Crippen LogP contribution in [0.3, 0.4) is 0 Å². The minimum atomic E-state index is -3.06. The Balaban J connectivity index is 2.55. The van der Waals surface area contributed by atoms with E-state index in [1.165, 1.54) is 12.0 Å². The fourth-order valence-corrected chi connectivity index (χ4v) is 3.81. The Kier molecular flexibility index (Phi) is 4.72. The maximum atomic E-state index is 12.0. The lowest BCUT2D eigenvalue weighted by molar-refractivity contribution is -0.146. The lowest BCUT2D eigenvalue weighted by Crippen LogP contribution is -2.38. The number of esters is 1. The number of carbonyl (C=O) groups excluding carboxylic acids is 2. The van der Waals surface area contributed by atoms with Gasteiger partial charge in [-0.05, 0) is 6.42 Å². The van der Waals surface area contributed by atoms with Gasteiger partial charge in [-0.1, -0.05) is 6.92 Å². The van der Waals surface area contributed by atoms with Gasteiger partial charge in [0.05, 0.1) is 30.5 Å². The normalized spacial score (nSPS) is 23.4. The van der Waals surface area contributed by atoms with Crippen molar-refractivity contribution in [2.24, 2.45) is 11.8 Å². The predicted octanol–water partition coefficient (Wildman–Crippen LogP) is -0.311. The average Bonchev–Trinajstić information content (AvgIpc) is 2.67. The first kappa shape index (κ1) is 14.9. The van der Waals surface area contributed by atoms with E-state index in [2.05, 4.69) is 4.74 Å². The van der Waals surface area contributed by atoms with Crippen LogP contribution in [0.25, 0.3) is 0 Å². The molecule has 1 fully saturated rings. The molecule has 1 aliphatic rings. The SMILES string of the molecule is COC(=O)C(C)CN(C)C(=O)C1CCS(=O)(=O)C1. The molecular weight excluding hydrogens is 258 g/mol. The molecule has 0 N–H and O–H groups in total. The Morgan fingerprint density at radius 3 is 2.50 bits per heavy atom. The van der Waals surface area contributed by atoms with Crippen molar-refractivity contribution in [2.75, 3.05) is 32.2 Å².